The molecule has 0 aliphatic rings. The van der Waals surface area contributed by atoms with Crippen LogP contribution in [0.5, 0.6) is 0 Å². The lowest BCUT2D eigenvalue weighted by molar-refractivity contribution is 0.744. The number of aromatic nitrogens is 2. The Kier molecular flexibility index (Phi) is 2.19. The largest absolute Gasteiger partial charge is 0.342 e. The van der Waals surface area contributed by atoms with Gasteiger partial charge < -0.3 is 4.57 Å². The van der Waals surface area contributed by atoms with Gasteiger partial charge in [0, 0.05) is 23.0 Å². The zero-order chi connectivity index (χ0) is 9.26. The summed E-state index contributed by atoms with van der Waals surface area (Å²) in [5.41, 5.74) is 2.60. The lowest BCUT2D eigenvalue weighted by atomic mass is 10.5. The Morgan fingerprint density at radius 3 is 2.54 bits per heavy atom. The van der Waals surface area contributed by atoms with Crippen LogP contribution in [0.1, 0.15) is 16.4 Å². The van der Waals surface area contributed by atoms with Gasteiger partial charge in [0.25, 0.3) is 0 Å². The Balaban J connectivity index is 2.27. The van der Waals surface area contributed by atoms with Crippen molar-refractivity contribution in [3.05, 3.63) is 40.1 Å². The highest BCUT2D eigenvalue weighted by Crippen LogP contribution is 2.12. The van der Waals surface area contributed by atoms with E-state index in [1.54, 1.807) is 11.3 Å². The minimum atomic E-state index is 0.905. The highest BCUT2D eigenvalue weighted by Gasteiger charge is 2.02. The first-order valence-electron chi connectivity index (χ1n) is 4.28. The smallest absolute Gasteiger partial charge is 0.112 e. The lowest BCUT2D eigenvalue weighted by Gasteiger charge is -2.05. The van der Waals surface area contributed by atoms with E-state index >= 15 is 0 Å². The first-order valence-corrected chi connectivity index (χ1v) is 5.16. The van der Waals surface area contributed by atoms with Crippen molar-refractivity contribution in [2.45, 2.75) is 20.4 Å². The van der Waals surface area contributed by atoms with Gasteiger partial charge in [0.05, 0.1) is 6.54 Å². The maximum atomic E-state index is 4.27. The molecular formula is C10H12N2S. The summed E-state index contributed by atoms with van der Waals surface area (Å²) in [5, 5.41) is 3.19. The molecule has 3 heteroatoms. The molecule has 0 amide bonds. The summed E-state index contributed by atoms with van der Waals surface area (Å²) >= 11 is 1.71. The maximum Gasteiger partial charge on any atom is 0.112 e. The van der Waals surface area contributed by atoms with E-state index in [-0.39, 0.29) is 0 Å². The Bertz CT molecular complexity index is 367. The molecule has 0 radical (unpaired) electrons. The van der Waals surface area contributed by atoms with E-state index in [1.807, 2.05) is 11.6 Å². The molecule has 0 saturated carbocycles. The van der Waals surface area contributed by atoms with Gasteiger partial charge in [0.1, 0.15) is 5.01 Å². The van der Waals surface area contributed by atoms with Crippen LogP contribution in [-0.2, 0) is 6.54 Å². The highest BCUT2D eigenvalue weighted by molar-refractivity contribution is 7.09. The molecule has 13 heavy (non-hydrogen) atoms. The summed E-state index contributed by atoms with van der Waals surface area (Å²) in [7, 11) is 0. The van der Waals surface area contributed by atoms with Gasteiger partial charge >= 0.3 is 0 Å². The van der Waals surface area contributed by atoms with E-state index < -0.39 is 0 Å². The average molecular weight is 192 g/mol. The summed E-state index contributed by atoms with van der Waals surface area (Å²) in [6.07, 6.45) is 1.86. The van der Waals surface area contributed by atoms with Crippen molar-refractivity contribution in [3.8, 4) is 0 Å². The van der Waals surface area contributed by atoms with Gasteiger partial charge in [-0.15, -0.1) is 11.3 Å². The molecule has 0 spiro atoms. The number of rotatable bonds is 2. The molecule has 0 fully saturated rings. The maximum absolute atomic E-state index is 4.27. The van der Waals surface area contributed by atoms with Crippen LogP contribution in [0.4, 0.5) is 0 Å². The first-order chi connectivity index (χ1) is 6.27. The van der Waals surface area contributed by atoms with Crippen molar-refractivity contribution < 1.29 is 0 Å². The zero-order valence-corrected chi connectivity index (χ0v) is 8.64. The highest BCUT2D eigenvalue weighted by atomic mass is 32.1. The second kappa shape index (κ2) is 3.34. The number of hydrogen-bond donors (Lipinski definition) is 0. The standard InChI is InChI=1S/C10H12N2S/c1-8-3-4-9(2)12(8)7-10-11-5-6-13-10/h3-6H,7H2,1-2H3. The third-order valence-electron chi connectivity index (χ3n) is 2.19. The average Bonchev–Trinajstić information content (AvgIpc) is 2.70. The monoisotopic (exact) mass is 192 g/mol. The summed E-state index contributed by atoms with van der Waals surface area (Å²) in [6, 6.07) is 4.28. The zero-order valence-electron chi connectivity index (χ0n) is 7.82. The molecule has 0 unspecified atom stereocenters. The van der Waals surface area contributed by atoms with Gasteiger partial charge in [-0.2, -0.15) is 0 Å². The fourth-order valence-electron chi connectivity index (χ4n) is 1.42. The van der Waals surface area contributed by atoms with E-state index in [1.165, 1.54) is 16.4 Å². The SMILES string of the molecule is Cc1ccc(C)n1Cc1nccs1. The van der Waals surface area contributed by atoms with Crippen molar-refractivity contribution in [1.29, 1.82) is 0 Å². The third-order valence-corrected chi connectivity index (χ3v) is 2.96. The molecule has 0 aromatic carbocycles. The van der Waals surface area contributed by atoms with Crippen LogP contribution in [0.2, 0.25) is 0 Å². The van der Waals surface area contributed by atoms with Crippen molar-refractivity contribution in [1.82, 2.24) is 9.55 Å². The topological polar surface area (TPSA) is 17.8 Å². The first kappa shape index (κ1) is 8.51. The van der Waals surface area contributed by atoms with Gasteiger partial charge in [-0.3, -0.25) is 0 Å². The molecular weight excluding hydrogens is 180 g/mol. The number of hydrogen-bond acceptors (Lipinski definition) is 2. The van der Waals surface area contributed by atoms with Crippen LogP contribution < -0.4 is 0 Å². The van der Waals surface area contributed by atoms with Gasteiger partial charge in [-0.25, -0.2) is 4.98 Å². The van der Waals surface area contributed by atoms with Crippen LogP contribution in [0, 0.1) is 13.8 Å². The van der Waals surface area contributed by atoms with Crippen molar-refractivity contribution in [2.75, 3.05) is 0 Å². The third kappa shape index (κ3) is 1.65. The number of thiazole rings is 1. The molecule has 0 saturated heterocycles. The molecule has 2 aromatic rings. The summed E-state index contributed by atoms with van der Waals surface area (Å²) < 4.78 is 2.28. The van der Waals surface area contributed by atoms with Crippen LogP contribution >= 0.6 is 11.3 Å². The van der Waals surface area contributed by atoms with Crippen molar-refractivity contribution >= 4 is 11.3 Å². The molecule has 2 heterocycles. The van der Waals surface area contributed by atoms with Crippen LogP contribution in [-0.4, -0.2) is 9.55 Å². The van der Waals surface area contributed by atoms with Crippen molar-refractivity contribution in [3.63, 3.8) is 0 Å². The van der Waals surface area contributed by atoms with E-state index in [4.69, 9.17) is 0 Å². The summed E-state index contributed by atoms with van der Waals surface area (Å²) in [6.45, 7) is 5.16. The van der Waals surface area contributed by atoms with E-state index in [0.717, 1.165) is 6.54 Å². The molecule has 0 N–H and O–H groups in total. The fraction of sp³-hybridized carbons (Fsp3) is 0.300. The second-order valence-corrected chi connectivity index (χ2v) is 4.11. The fourth-order valence-corrected chi connectivity index (χ4v) is 2.02. The predicted molar refractivity (Wildman–Crippen MR) is 55.1 cm³/mol. The van der Waals surface area contributed by atoms with Crippen LogP contribution in [0.3, 0.4) is 0 Å². The normalized spacial score (nSPS) is 10.6. The molecule has 0 atom stereocenters. The van der Waals surface area contributed by atoms with E-state index in [0.29, 0.717) is 0 Å². The Morgan fingerprint density at radius 2 is 2.00 bits per heavy atom. The lowest BCUT2D eigenvalue weighted by Crippen LogP contribution is -2.02. The van der Waals surface area contributed by atoms with Crippen molar-refractivity contribution in [2.24, 2.45) is 0 Å². The molecule has 2 rings (SSSR count). The molecule has 0 bridgehead atoms. The van der Waals surface area contributed by atoms with Gasteiger partial charge in [-0.1, -0.05) is 0 Å². The second-order valence-electron chi connectivity index (χ2n) is 3.13. The van der Waals surface area contributed by atoms with Crippen LogP contribution in [0.15, 0.2) is 23.7 Å². The minimum Gasteiger partial charge on any atom is -0.342 e. The quantitative estimate of drug-likeness (QED) is 0.715. The summed E-state index contributed by atoms with van der Waals surface area (Å²) in [4.78, 5) is 4.27. The molecule has 2 nitrogen and oxygen atoms in total. The van der Waals surface area contributed by atoms with Crippen LogP contribution in [0.25, 0.3) is 0 Å². The Hall–Kier alpha value is -1.09. The Morgan fingerprint density at radius 1 is 1.31 bits per heavy atom. The van der Waals surface area contributed by atoms with Gasteiger partial charge in [-0.05, 0) is 26.0 Å². The Labute approximate surface area is 81.9 Å². The molecule has 0 aliphatic carbocycles. The molecule has 68 valence electrons. The van der Waals surface area contributed by atoms with E-state index in [9.17, 15) is 0 Å². The number of aryl methyl sites for hydroxylation is 2. The van der Waals surface area contributed by atoms with Gasteiger partial charge in [0.15, 0.2) is 0 Å². The number of nitrogens with zero attached hydrogens (tertiary/aromatic N) is 2. The minimum absolute atomic E-state index is 0.905. The van der Waals surface area contributed by atoms with E-state index in [2.05, 4.69) is 35.5 Å². The molecule has 2 aromatic heterocycles. The van der Waals surface area contributed by atoms with Gasteiger partial charge in [0.2, 0.25) is 0 Å². The summed E-state index contributed by atoms with van der Waals surface area (Å²) in [5.74, 6) is 0. The predicted octanol–water partition coefficient (Wildman–Crippen LogP) is 2.61. The molecule has 0 aliphatic heterocycles.